The Morgan fingerprint density at radius 2 is 2.35 bits per heavy atom. The van der Waals surface area contributed by atoms with E-state index in [1.807, 2.05) is 6.07 Å². The molecule has 17 heavy (non-hydrogen) atoms. The molecular weight excluding hydrogens is 212 g/mol. The molecule has 0 radical (unpaired) electrons. The van der Waals surface area contributed by atoms with Crippen molar-refractivity contribution in [1.82, 2.24) is 4.98 Å². The van der Waals surface area contributed by atoms with Crippen LogP contribution in [0.15, 0.2) is 18.2 Å². The number of rotatable bonds is 2. The topological polar surface area (TPSA) is 51.0 Å². The number of fused-ring (bicyclic) bond motifs is 3. The second-order valence-corrected chi connectivity index (χ2v) is 4.75. The molecule has 0 bridgehead atoms. The summed E-state index contributed by atoms with van der Waals surface area (Å²) in [5.41, 5.74) is 9.85. The molecule has 0 amide bonds. The first-order valence-electron chi connectivity index (χ1n) is 6.22. The van der Waals surface area contributed by atoms with Gasteiger partial charge in [-0.1, -0.05) is 0 Å². The molecule has 2 aromatic rings. The molecule has 90 valence electrons. The zero-order valence-electron chi connectivity index (χ0n) is 10.1. The molecule has 1 aromatic heterocycles. The Bertz CT molecular complexity index is 544. The fraction of sp³-hybridized carbons (Fsp3) is 0.429. The van der Waals surface area contributed by atoms with Gasteiger partial charge in [-0.3, -0.25) is 0 Å². The van der Waals surface area contributed by atoms with Gasteiger partial charge in [0.25, 0.3) is 0 Å². The number of methoxy groups -OCH3 is 1. The summed E-state index contributed by atoms with van der Waals surface area (Å²) in [5.74, 6) is 1.42. The van der Waals surface area contributed by atoms with E-state index in [1.165, 1.54) is 35.0 Å². The summed E-state index contributed by atoms with van der Waals surface area (Å²) in [6.45, 7) is 0.733. The quantitative estimate of drug-likeness (QED) is 0.833. The number of nitrogens with two attached hydrogens (primary N) is 1. The van der Waals surface area contributed by atoms with Crippen molar-refractivity contribution in [3.05, 3.63) is 29.5 Å². The maximum atomic E-state index is 5.85. The average molecular weight is 230 g/mol. The average Bonchev–Trinajstić information content (AvgIpc) is 2.76. The summed E-state index contributed by atoms with van der Waals surface area (Å²) in [4.78, 5) is 3.53. The number of nitrogens with one attached hydrogen (secondary N) is 1. The van der Waals surface area contributed by atoms with Crippen LogP contribution < -0.4 is 10.5 Å². The van der Waals surface area contributed by atoms with Crippen LogP contribution in [-0.2, 0) is 6.42 Å². The van der Waals surface area contributed by atoms with Gasteiger partial charge in [0.2, 0.25) is 0 Å². The van der Waals surface area contributed by atoms with Crippen LogP contribution in [0, 0.1) is 0 Å². The summed E-state index contributed by atoms with van der Waals surface area (Å²) in [5, 5.41) is 1.30. The standard InChI is InChI=1S/C14H18N2O/c1-17-10-5-6-13-12(7-10)11-4-2-3-9(8-15)14(11)16-13/h5-7,9,16H,2-4,8,15H2,1H3/t9-/m1/s1. The molecule has 1 heterocycles. The molecule has 1 aliphatic rings. The number of aromatic nitrogens is 1. The third-order valence-corrected chi connectivity index (χ3v) is 3.82. The minimum atomic E-state index is 0.497. The van der Waals surface area contributed by atoms with Crippen molar-refractivity contribution in [2.24, 2.45) is 5.73 Å². The van der Waals surface area contributed by atoms with Gasteiger partial charge in [0.1, 0.15) is 5.75 Å². The van der Waals surface area contributed by atoms with Gasteiger partial charge < -0.3 is 15.5 Å². The molecule has 0 unspecified atom stereocenters. The van der Waals surface area contributed by atoms with Gasteiger partial charge in [0.15, 0.2) is 0 Å². The molecule has 1 aliphatic carbocycles. The molecule has 3 heteroatoms. The molecule has 0 saturated carbocycles. The first-order chi connectivity index (χ1) is 8.33. The first-order valence-corrected chi connectivity index (χ1v) is 6.22. The van der Waals surface area contributed by atoms with E-state index < -0.39 is 0 Å². The van der Waals surface area contributed by atoms with Crippen LogP contribution in [0.4, 0.5) is 0 Å². The van der Waals surface area contributed by atoms with Crippen molar-refractivity contribution in [3.8, 4) is 5.75 Å². The van der Waals surface area contributed by atoms with Gasteiger partial charge in [-0.05, 0) is 43.0 Å². The van der Waals surface area contributed by atoms with Gasteiger partial charge in [-0.25, -0.2) is 0 Å². The number of aryl methyl sites for hydroxylation is 1. The molecule has 0 aliphatic heterocycles. The third kappa shape index (κ3) is 1.62. The summed E-state index contributed by atoms with van der Waals surface area (Å²) in [7, 11) is 1.71. The van der Waals surface area contributed by atoms with Crippen molar-refractivity contribution < 1.29 is 4.74 Å². The third-order valence-electron chi connectivity index (χ3n) is 3.82. The van der Waals surface area contributed by atoms with E-state index >= 15 is 0 Å². The normalized spacial score (nSPS) is 19.3. The van der Waals surface area contributed by atoms with Crippen LogP contribution in [0.25, 0.3) is 10.9 Å². The van der Waals surface area contributed by atoms with E-state index in [-0.39, 0.29) is 0 Å². The highest BCUT2D eigenvalue weighted by molar-refractivity contribution is 5.86. The van der Waals surface area contributed by atoms with Crippen LogP contribution in [0.3, 0.4) is 0 Å². The first kappa shape index (κ1) is 10.7. The van der Waals surface area contributed by atoms with E-state index in [4.69, 9.17) is 10.5 Å². The zero-order valence-corrected chi connectivity index (χ0v) is 10.1. The summed E-state index contributed by atoms with van der Waals surface area (Å²) in [6.07, 6.45) is 3.59. The van der Waals surface area contributed by atoms with Crippen molar-refractivity contribution in [1.29, 1.82) is 0 Å². The molecule has 3 rings (SSSR count). The Hall–Kier alpha value is -1.48. The largest absolute Gasteiger partial charge is 0.497 e. The number of hydrogen-bond acceptors (Lipinski definition) is 2. The van der Waals surface area contributed by atoms with Crippen LogP contribution in [0.1, 0.15) is 30.0 Å². The van der Waals surface area contributed by atoms with Crippen LogP contribution >= 0.6 is 0 Å². The van der Waals surface area contributed by atoms with Gasteiger partial charge >= 0.3 is 0 Å². The number of benzene rings is 1. The van der Waals surface area contributed by atoms with E-state index in [0.717, 1.165) is 18.7 Å². The van der Waals surface area contributed by atoms with Crippen molar-refractivity contribution in [2.75, 3.05) is 13.7 Å². The number of hydrogen-bond donors (Lipinski definition) is 2. The van der Waals surface area contributed by atoms with Gasteiger partial charge in [-0.15, -0.1) is 0 Å². The van der Waals surface area contributed by atoms with Gasteiger partial charge in [0.05, 0.1) is 7.11 Å². The highest BCUT2D eigenvalue weighted by Crippen LogP contribution is 2.36. The maximum absolute atomic E-state index is 5.85. The monoisotopic (exact) mass is 230 g/mol. The van der Waals surface area contributed by atoms with Crippen LogP contribution in [0.5, 0.6) is 5.75 Å². The molecule has 1 aromatic carbocycles. The summed E-state index contributed by atoms with van der Waals surface area (Å²) >= 11 is 0. The lowest BCUT2D eigenvalue weighted by Crippen LogP contribution is -2.17. The lowest BCUT2D eigenvalue weighted by molar-refractivity contribution is 0.415. The van der Waals surface area contributed by atoms with Crippen molar-refractivity contribution >= 4 is 10.9 Å². The Kier molecular flexibility index (Phi) is 2.56. The Morgan fingerprint density at radius 3 is 3.12 bits per heavy atom. The Morgan fingerprint density at radius 1 is 1.47 bits per heavy atom. The van der Waals surface area contributed by atoms with E-state index in [0.29, 0.717) is 5.92 Å². The number of H-pyrrole nitrogens is 1. The van der Waals surface area contributed by atoms with Crippen molar-refractivity contribution in [2.45, 2.75) is 25.2 Å². The number of aromatic amines is 1. The lowest BCUT2D eigenvalue weighted by atomic mass is 9.87. The maximum Gasteiger partial charge on any atom is 0.119 e. The van der Waals surface area contributed by atoms with E-state index in [2.05, 4.69) is 17.1 Å². The molecule has 0 fully saturated rings. The Balaban J connectivity index is 2.20. The van der Waals surface area contributed by atoms with Crippen molar-refractivity contribution in [3.63, 3.8) is 0 Å². The summed E-state index contributed by atoms with van der Waals surface area (Å²) < 4.78 is 5.30. The predicted octanol–water partition coefficient (Wildman–Crippen LogP) is 2.56. The molecular formula is C14H18N2O. The molecule has 0 saturated heterocycles. The smallest absolute Gasteiger partial charge is 0.119 e. The lowest BCUT2D eigenvalue weighted by Gasteiger charge is -2.20. The number of ether oxygens (including phenoxy) is 1. The molecule has 3 N–H and O–H groups in total. The minimum absolute atomic E-state index is 0.497. The van der Waals surface area contributed by atoms with Crippen LogP contribution in [-0.4, -0.2) is 18.6 Å². The van der Waals surface area contributed by atoms with E-state index in [1.54, 1.807) is 7.11 Å². The Labute approximate surface area is 101 Å². The molecule has 0 spiro atoms. The van der Waals surface area contributed by atoms with Gasteiger partial charge in [0, 0.05) is 29.1 Å². The minimum Gasteiger partial charge on any atom is -0.497 e. The second-order valence-electron chi connectivity index (χ2n) is 4.75. The summed E-state index contributed by atoms with van der Waals surface area (Å²) in [6, 6.07) is 6.23. The predicted molar refractivity (Wildman–Crippen MR) is 69.6 cm³/mol. The highest BCUT2D eigenvalue weighted by Gasteiger charge is 2.23. The highest BCUT2D eigenvalue weighted by atomic mass is 16.5. The SMILES string of the molecule is COc1ccc2[nH]c3c(c2c1)CCC[C@@H]3CN. The van der Waals surface area contributed by atoms with Gasteiger partial charge in [-0.2, -0.15) is 0 Å². The second kappa shape index (κ2) is 4.08. The van der Waals surface area contributed by atoms with E-state index in [9.17, 15) is 0 Å². The van der Waals surface area contributed by atoms with Crippen LogP contribution in [0.2, 0.25) is 0 Å². The fourth-order valence-electron chi connectivity index (χ4n) is 2.90. The fourth-order valence-corrected chi connectivity index (χ4v) is 2.90. The molecule has 3 nitrogen and oxygen atoms in total. The molecule has 1 atom stereocenters. The zero-order chi connectivity index (χ0) is 11.8.